The van der Waals surface area contributed by atoms with E-state index in [0.29, 0.717) is 16.5 Å². The van der Waals surface area contributed by atoms with E-state index >= 15 is 0 Å². The number of rotatable bonds is 2. The first-order valence-electron chi connectivity index (χ1n) is 7.51. The van der Waals surface area contributed by atoms with Gasteiger partial charge in [-0.15, -0.1) is 29.9 Å². The summed E-state index contributed by atoms with van der Waals surface area (Å²) in [7, 11) is 0. The molecule has 9 heteroatoms. The van der Waals surface area contributed by atoms with E-state index < -0.39 is 0 Å². The van der Waals surface area contributed by atoms with Crippen molar-refractivity contribution in [2.24, 2.45) is 21.7 Å². The third-order valence-electron chi connectivity index (χ3n) is 4.09. The van der Waals surface area contributed by atoms with Crippen molar-refractivity contribution in [3.63, 3.8) is 0 Å². The van der Waals surface area contributed by atoms with Gasteiger partial charge in [0.05, 0.1) is 11.4 Å². The first-order chi connectivity index (χ1) is 11.5. The molecule has 1 atom stereocenters. The van der Waals surface area contributed by atoms with Gasteiger partial charge in [-0.05, 0) is 55.0 Å². The highest BCUT2D eigenvalue weighted by atomic mass is 35.5. The standard InChI is InChI=1S/C17H17Cl2N5.2ClH/c1-9-4-5-22-14-6-10(12-3-2-11(18)8-13(12)19)7-15(16(9)14)23-24-17(20)21;;/h2-5,8,10H,6-7H2,1H3,(H4,20,21,24);2*1H/b23-15+;;. The minimum absolute atomic E-state index is 0. The summed E-state index contributed by atoms with van der Waals surface area (Å²) in [6.07, 6.45) is 3.26. The van der Waals surface area contributed by atoms with E-state index in [2.05, 4.69) is 15.2 Å². The Morgan fingerprint density at radius 2 is 1.88 bits per heavy atom. The fraction of sp³-hybridized carbons (Fsp3) is 0.235. The molecule has 4 N–H and O–H groups in total. The van der Waals surface area contributed by atoms with Gasteiger partial charge in [-0.3, -0.25) is 4.98 Å². The van der Waals surface area contributed by atoms with Gasteiger partial charge in [-0.2, -0.15) is 5.10 Å². The number of fused-ring (bicyclic) bond motifs is 1. The zero-order valence-electron chi connectivity index (χ0n) is 13.9. The van der Waals surface area contributed by atoms with Crippen molar-refractivity contribution in [2.75, 3.05) is 0 Å². The lowest BCUT2D eigenvalue weighted by atomic mass is 9.80. The van der Waals surface area contributed by atoms with Crippen LogP contribution in [0.5, 0.6) is 0 Å². The van der Waals surface area contributed by atoms with Gasteiger partial charge in [-0.25, -0.2) is 0 Å². The molecule has 1 aromatic carbocycles. The number of halogens is 4. The summed E-state index contributed by atoms with van der Waals surface area (Å²) >= 11 is 12.4. The third-order valence-corrected chi connectivity index (χ3v) is 4.66. The van der Waals surface area contributed by atoms with Crippen LogP contribution in [0.4, 0.5) is 0 Å². The predicted octanol–water partition coefficient (Wildman–Crippen LogP) is 4.25. The average molecular weight is 435 g/mol. The summed E-state index contributed by atoms with van der Waals surface area (Å²) in [6, 6.07) is 7.51. The van der Waals surface area contributed by atoms with Crippen molar-refractivity contribution in [3.05, 3.63) is 62.9 Å². The first kappa shape index (κ1) is 22.5. The van der Waals surface area contributed by atoms with E-state index in [4.69, 9.17) is 34.7 Å². The van der Waals surface area contributed by atoms with Crippen molar-refractivity contribution < 1.29 is 0 Å². The van der Waals surface area contributed by atoms with E-state index in [1.165, 1.54) is 0 Å². The van der Waals surface area contributed by atoms with Gasteiger partial charge in [0, 0.05) is 21.8 Å². The summed E-state index contributed by atoms with van der Waals surface area (Å²) in [6.45, 7) is 2.03. The molecule has 1 aromatic heterocycles. The van der Waals surface area contributed by atoms with Crippen molar-refractivity contribution >= 4 is 59.7 Å². The number of nitrogens with two attached hydrogens (primary N) is 2. The highest BCUT2D eigenvalue weighted by molar-refractivity contribution is 6.35. The van der Waals surface area contributed by atoms with Gasteiger partial charge in [0.1, 0.15) is 0 Å². The van der Waals surface area contributed by atoms with Crippen LogP contribution in [0.25, 0.3) is 0 Å². The quantitative estimate of drug-likeness (QED) is 0.420. The van der Waals surface area contributed by atoms with Crippen LogP contribution in [0, 0.1) is 6.92 Å². The maximum atomic E-state index is 6.38. The molecule has 0 saturated carbocycles. The molecule has 0 bridgehead atoms. The Hall–Kier alpha value is -1.53. The average Bonchev–Trinajstić information content (AvgIpc) is 2.52. The van der Waals surface area contributed by atoms with Crippen LogP contribution in [-0.2, 0) is 6.42 Å². The fourth-order valence-corrected chi connectivity index (χ4v) is 3.63. The van der Waals surface area contributed by atoms with E-state index in [9.17, 15) is 0 Å². The van der Waals surface area contributed by atoms with Crippen LogP contribution in [0.3, 0.4) is 0 Å². The van der Waals surface area contributed by atoms with Crippen molar-refractivity contribution in [1.29, 1.82) is 0 Å². The molecule has 3 rings (SSSR count). The Morgan fingerprint density at radius 1 is 1.15 bits per heavy atom. The molecule has 26 heavy (non-hydrogen) atoms. The van der Waals surface area contributed by atoms with Crippen LogP contribution in [-0.4, -0.2) is 16.7 Å². The van der Waals surface area contributed by atoms with E-state index in [-0.39, 0.29) is 36.7 Å². The third kappa shape index (κ3) is 4.80. The lowest BCUT2D eigenvalue weighted by Gasteiger charge is -2.27. The Morgan fingerprint density at radius 3 is 2.54 bits per heavy atom. The minimum atomic E-state index is -0.0720. The van der Waals surface area contributed by atoms with Crippen LogP contribution in [0.15, 0.2) is 40.7 Å². The lowest BCUT2D eigenvalue weighted by Crippen LogP contribution is -2.24. The predicted molar refractivity (Wildman–Crippen MR) is 113 cm³/mol. The molecule has 5 nitrogen and oxygen atoms in total. The molecule has 0 amide bonds. The monoisotopic (exact) mass is 433 g/mol. The maximum absolute atomic E-state index is 6.38. The molecule has 2 aromatic rings. The Labute approximate surface area is 174 Å². The topological polar surface area (TPSA) is 89.6 Å². The van der Waals surface area contributed by atoms with Gasteiger partial charge in [0.25, 0.3) is 0 Å². The van der Waals surface area contributed by atoms with Gasteiger partial charge in [0.2, 0.25) is 5.96 Å². The molecule has 0 aliphatic heterocycles. The number of nitrogens with zero attached hydrogens (tertiary/aromatic N) is 3. The zero-order valence-corrected chi connectivity index (χ0v) is 17.1. The number of pyridine rings is 1. The van der Waals surface area contributed by atoms with Crippen LogP contribution >= 0.6 is 48.0 Å². The molecule has 1 heterocycles. The highest BCUT2D eigenvalue weighted by Crippen LogP contribution is 2.37. The van der Waals surface area contributed by atoms with Gasteiger partial charge >= 0.3 is 0 Å². The molecule has 1 aliphatic rings. The van der Waals surface area contributed by atoms with Crippen LogP contribution in [0.1, 0.15) is 34.7 Å². The van der Waals surface area contributed by atoms with E-state index in [1.807, 2.05) is 25.1 Å². The molecule has 0 saturated heterocycles. The number of hydrogen-bond acceptors (Lipinski definition) is 3. The SMILES string of the molecule is Cc1ccnc2c1/C(=N/N=C(N)N)CC(c1ccc(Cl)cc1Cl)C2.Cl.Cl. The summed E-state index contributed by atoms with van der Waals surface area (Å²) in [4.78, 5) is 4.52. The van der Waals surface area contributed by atoms with Gasteiger partial charge in [0.15, 0.2) is 0 Å². The van der Waals surface area contributed by atoms with Crippen LogP contribution in [0.2, 0.25) is 10.0 Å². The maximum Gasteiger partial charge on any atom is 0.211 e. The molecule has 1 unspecified atom stereocenters. The zero-order chi connectivity index (χ0) is 17.3. The van der Waals surface area contributed by atoms with E-state index in [0.717, 1.165) is 34.5 Å². The number of aryl methyl sites for hydroxylation is 1. The van der Waals surface area contributed by atoms with Crippen LogP contribution < -0.4 is 11.5 Å². The largest absolute Gasteiger partial charge is 0.369 e. The number of hydrogen-bond donors (Lipinski definition) is 2. The van der Waals surface area contributed by atoms with Crippen molar-refractivity contribution in [3.8, 4) is 0 Å². The fourth-order valence-electron chi connectivity index (χ4n) is 3.07. The molecule has 140 valence electrons. The molecule has 0 spiro atoms. The molecular formula is C17H19Cl4N5. The summed E-state index contributed by atoms with van der Waals surface area (Å²) in [5, 5.41) is 9.34. The number of guanidine groups is 1. The van der Waals surface area contributed by atoms with Crippen molar-refractivity contribution in [1.82, 2.24) is 4.98 Å². The Kier molecular flexibility index (Phi) is 8.15. The summed E-state index contributed by atoms with van der Waals surface area (Å²) in [5.41, 5.74) is 15.8. The Balaban J connectivity index is 0.00000169. The highest BCUT2D eigenvalue weighted by Gasteiger charge is 2.28. The second-order valence-electron chi connectivity index (χ2n) is 5.79. The smallest absolute Gasteiger partial charge is 0.211 e. The minimum Gasteiger partial charge on any atom is -0.369 e. The van der Waals surface area contributed by atoms with Crippen molar-refractivity contribution in [2.45, 2.75) is 25.7 Å². The molecular weight excluding hydrogens is 416 g/mol. The second kappa shape index (κ2) is 9.42. The summed E-state index contributed by atoms with van der Waals surface area (Å²) < 4.78 is 0. The first-order valence-corrected chi connectivity index (χ1v) is 8.26. The number of benzene rings is 1. The normalized spacial score (nSPS) is 16.9. The van der Waals surface area contributed by atoms with Gasteiger partial charge in [-0.1, -0.05) is 29.3 Å². The van der Waals surface area contributed by atoms with E-state index in [1.54, 1.807) is 12.3 Å². The molecule has 0 radical (unpaired) electrons. The lowest BCUT2D eigenvalue weighted by molar-refractivity contribution is 0.677. The van der Waals surface area contributed by atoms with Gasteiger partial charge < -0.3 is 11.5 Å². The molecule has 0 fully saturated rings. The molecule has 1 aliphatic carbocycles. The Bertz CT molecular complexity index is 847. The number of aromatic nitrogens is 1. The second-order valence-corrected chi connectivity index (χ2v) is 6.64. The summed E-state index contributed by atoms with van der Waals surface area (Å²) in [5.74, 6) is 0.0711.